The van der Waals surface area contributed by atoms with Gasteiger partial charge in [0.2, 0.25) is 0 Å². The van der Waals surface area contributed by atoms with E-state index < -0.39 is 0 Å². The third kappa shape index (κ3) is 3.82. The lowest BCUT2D eigenvalue weighted by molar-refractivity contribution is 0.144. The van der Waals surface area contributed by atoms with E-state index in [1.165, 1.54) is 6.42 Å². The molecule has 0 saturated heterocycles. The van der Waals surface area contributed by atoms with Crippen molar-refractivity contribution in [3.63, 3.8) is 0 Å². The minimum atomic E-state index is -0.284. The van der Waals surface area contributed by atoms with E-state index in [0.29, 0.717) is 0 Å². The molecule has 0 aromatic carbocycles. The van der Waals surface area contributed by atoms with Gasteiger partial charge in [-0.05, 0) is 12.8 Å². The van der Waals surface area contributed by atoms with Crippen LogP contribution in [0.1, 0.15) is 57.7 Å². The summed E-state index contributed by atoms with van der Waals surface area (Å²) >= 11 is 0. The Morgan fingerprint density at radius 1 is 1.15 bits per heavy atom. The van der Waals surface area contributed by atoms with Crippen LogP contribution in [0.15, 0.2) is 6.07 Å². The topological polar surface area (TPSA) is 70.1 Å². The van der Waals surface area contributed by atoms with Gasteiger partial charge in [-0.25, -0.2) is 9.97 Å². The highest BCUT2D eigenvalue weighted by molar-refractivity contribution is 5.48. The van der Waals surface area contributed by atoms with Gasteiger partial charge in [0.1, 0.15) is 17.5 Å². The van der Waals surface area contributed by atoms with Crippen LogP contribution in [-0.4, -0.2) is 34.3 Å². The second-order valence-electron chi connectivity index (χ2n) is 5.86. The van der Waals surface area contributed by atoms with E-state index in [1.807, 2.05) is 13.1 Å². The average molecular weight is 278 g/mol. The molecule has 1 heterocycles. The molecule has 0 radical (unpaired) electrons. The SMILES string of the molecule is CNc1cc(NC2CCCCCC2O)nc(C(C)C)n1. The first-order chi connectivity index (χ1) is 9.60. The van der Waals surface area contributed by atoms with Gasteiger partial charge in [0.25, 0.3) is 0 Å². The van der Waals surface area contributed by atoms with Crippen molar-refractivity contribution in [2.24, 2.45) is 0 Å². The lowest BCUT2D eigenvalue weighted by atomic mass is 10.1. The first-order valence-electron chi connectivity index (χ1n) is 7.61. The van der Waals surface area contributed by atoms with Crippen LogP contribution in [-0.2, 0) is 0 Å². The van der Waals surface area contributed by atoms with Crippen molar-refractivity contribution >= 4 is 11.6 Å². The van der Waals surface area contributed by atoms with Crippen LogP contribution >= 0.6 is 0 Å². The Balaban J connectivity index is 2.16. The van der Waals surface area contributed by atoms with E-state index in [0.717, 1.165) is 43.1 Å². The average Bonchev–Trinajstić information content (AvgIpc) is 2.64. The minimum Gasteiger partial charge on any atom is -0.391 e. The fourth-order valence-corrected chi connectivity index (χ4v) is 2.57. The summed E-state index contributed by atoms with van der Waals surface area (Å²) in [6.45, 7) is 4.16. The molecule has 1 aliphatic rings. The van der Waals surface area contributed by atoms with Crippen molar-refractivity contribution in [1.29, 1.82) is 0 Å². The molecule has 3 N–H and O–H groups in total. The molecule has 112 valence electrons. The summed E-state index contributed by atoms with van der Waals surface area (Å²) in [6, 6.07) is 2.00. The summed E-state index contributed by atoms with van der Waals surface area (Å²) < 4.78 is 0. The van der Waals surface area contributed by atoms with E-state index in [2.05, 4.69) is 34.4 Å². The summed E-state index contributed by atoms with van der Waals surface area (Å²) in [5.74, 6) is 2.72. The first-order valence-corrected chi connectivity index (χ1v) is 7.61. The molecule has 2 unspecified atom stereocenters. The standard InChI is InChI=1S/C15H26N4O/c1-10(2)15-18-13(16-3)9-14(19-15)17-11-7-5-4-6-8-12(11)20/h9-12,20H,4-8H2,1-3H3,(H2,16,17,18,19). The summed E-state index contributed by atoms with van der Waals surface area (Å²) in [5.41, 5.74) is 0. The van der Waals surface area contributed by atoms with E-state index >= 15 is 0 Å². The highest BCUT2D eigenvalue weighted by atomic mass is 16.3. The monoisotopic (exact) mass is 278 g/mol. The van der Waals surface area contributed by atoms with Crippen molar-refractivity contribution in [2.75, 3.05) is 17.7 Å². The van der Waals surface area contributed by atoms with Gasteiger partial charge in [-0.1, -0.05) is 33.1 Å². The molecule has 1 aliphatic carbocycles. The summed E-state index contributed by atoms with van der Waals surface area (Å²) in [7, 11) is 1.86. The predicted octanol–water partition coefficient (Wildman–Crippen LogP) is 2.75. The number of rotatable bonds is 4. The van der Waals surface area contributed by atoms with Crippen LogP contribution in [0.4, 0.5) is 11.6 Å². The lowest BCUT2D eigenvalue weighted by Crippen LogP contribution is -2.33. The van der Waals surface area contributed by atoms with Gasteiger partial charge in [0, 0.05) is 19.0 Å². The number of nitrogens with zero attached hydrogens (tertiary/aromatic N) is 2. The molecule has 1 aromatic heterocycles. The van der Waals surface area contributed by atoms with Crippen molar-refractivity contribution in [2.45, 2.75) is 64.0 Å². The van der Waals surface area contributed by atoms with Gasteiger partial charge >= 0.3 is 0 Å². The first kappa shape index (κ1) is 15.0. The van der Waals surface area contributed by atoms with Crippen molar-refractivity contribution in [3.8, 4) is 0 Å². The third-order valence-corrected chi connectivity index (χ3v) is 3.83. The smallest absolute Gasteiger partial charge is 0.135 e. The lowest BCUT2D eigenvalue weighted by Gasteiger charge is -2.23. The third-order valence-electron chi connectivity index (χ3n) is 3.83. The zero-order valence-electron chi connectivity index (χ0n) is 12.7. The second-order valence-corrected chi connectivity index (χ2v) is 5.86. The van der Waals surface area contributed by atoms with E-state index in [-0.39, 0.29) is 18.1 Å². The number of anilines is 2. The number of hydrogen-bond acceptors (Lipinski definition) is 5. The van der Waals surface area contributed by atoms with Gasteiger partial charge in [0.05, 0.1) is 12.1 Å². The normalized spacial score (nSPS) is 23.4. The van der Waals surface area contributed by atoms with Gasteiger partial charge in [-0.3, -0.25) is 0 Å². The van der Waals surface area contributed by atoms with E-state index in [9.17, 15) is 5.11 Å². The molecule has 0 aliphatic heterocycles. The van der Waals surface area contributed by atoms with Crippen LogP contribution in [0, 0.1) is 0 Å². The van der Waals surface area contributed by atoms with Gasteiger partial charge in [0.15, 0.2) is 0 Å². The minimum absolute atomic E-state index is 0.0946. The Kier molecular flexibility index (Phi) is 5.17. The Bertz CT molecular complexity index is 436. The fraction of sp³-hybridized carbons (Fsp3) is 0.733. The second kappa shape index (κ2) is 6.88. The number of aromatic nitrogens is 2. The molecular formula is C15H26N4O. The van der Waals surface area contributed by atoms with Gasteiger partial charge in [-0.15, -0.1) is 0 Å². The maximum Gasteiger partial charge on any atom is 0.135 e. The molecule has 2 atom stereocenters. The molecule has 5 nitrogen and oxygen atoms in total. The number of aliphatic hydroxyl groups is 1. The Morgan fingerprint density at radius 3 is 2.55 bits per heavy atom. The summed E-state index contributed by atoms with van der Waals surface area (Å²) in [5, 5.41) is 16.7. The largest absolute Gasteiger partial charge is 0.391 e. The Labute approximate surface area is 121 Å². The summed E-state index contributed by atoms with van der Waals surface area (Å²) in [4.78, 5) is 9.02. The van der Waals surface area contributed by atoms with Crippen LogP contribution in [0.5, 0.6) is 0 Å². The van der Waals surface area contributed by atoms with Crippen molar-refractivity contribution < 1.29 is 5.11 Å². The molecule has 0 bridgehead atoms. The quantitative estimate of drug-likeness (QED) is 0.739. The zero-order chi connectivity index (χ0) is 14.5. The van der Waals surface area contributed by atoms with Crippen LogP contribution in [0.25, 0.3) is 0 Å². The van der Waals surface area contributed by atoms with Gasteiger partial charge < -0.3 is 15.7 Å². The van der Waals surface area contributed by atoms with Crippen LogP contribution in [0.2, 0.25) is 0 Å². The van der Waals surface area contributed by atoms with E-state index in [1.54, 1.807) is 0 Å². The number of nitrogens with one attached hydrogen (secondary N) is 2. The van der Waals surface area contributed by atoms with Gasteiger partial charge in [-0.2, -0.15) is 0 Å². The molecule has 5 heteroatoms. The zero-order valence-corrected chi connectivity index (χ0v) is 12.7. The Hall–Kier alpha value is -1.36. The summed E-state index contributed by atoms with van der Waals surface area (Å²) in [6.07, 6.45) is 5.07. The number of hydrogen-bond donors (Lipinski definition) is 3. The maximum atomic E-state index is 10.2. The molecule has 0 spiro atoms. The van der Waals surface area contributed by atoms with Crippen LogP contribution in [0.3, 0.4) is 0 Å². The molecule has 1 saturated carbocycles. The van der Waals surface area contributed by atoms with Crippen molar-refractivity contribution in [3.05, 3.63) is 11.9 Å². The highest BCUT2D eigenvalue weighted by Gasteiger charge is 2.22. The predicted molar refractivity (Wildman–Crippen MR) is 82.2 cm³/mol. The molecule has 1 aromatic rings. The molecule has 2 rings (SSSR count). The maximum absolute atomic E-state index is 10.2. The number of aliphatic hydroxyl groups excluding tert-OH is 1. The highest BCUT2D eigenvalue weighted by Crippen LogP contribution is 2.23. The molecular weight excluding hydrogens is 252 g/mol. The molecule has 0 amide bonds. The van der Waals surface area contributed by atoms with E-state index in [4.69, 9.17) is 0 Å². The molecule has 20 heavy (non-hydrogen) atoms. The van der Waals surface area contributed by atoms with Crippen molar-refractivity contribution in [1.82, 2.24) is 9.97 Å². The van der Waals surface area contributed by atoms with Crippen LogP contribution < -0.4 is 10.6 Å². The molecule has 1 fully saturated rings. The fourth-order valence-electron chi connectivity index (χ4n) is 2.57. The Morgan fingerprint density at radius 2 is 1.85 bits per heavy atom.